The number of hydrogen-bond acceptors (Lipinski definition) is 2. The molecule has 1 nitrogen and oxygen atoms in total. The van der Waals surface area contributed by atoms with Crippen LogP contribution in [0.25, 0.3) is 0 Å². The van der Waals surface area contributed by atoms with E-state index in [0.29, 0.717) is 12.1 Å². The summed E-state index contributed by atoms with van der Waals surface area (Å²) in [5.41, 5.74) is 4.08. The molecular formula is C16H18ClNS. The first-order chi connectivity index (χ1) is 9.13. The molecule has 0 aliphatic heterocycles. The van der Waals surface area contributed by atoms with Crippen LogP contribution in [0.4, 0.5) is 0 Å². The van der Waals surface area contributed by atoms with E-state index in [-0.39, 0.29) is 0 Å². The molecule has 0 saturated carbocycles. The molecule has 1 unspecified atom stereocenters. The van der Waals surface area contributed by atoms with Gasteiger partial charge in [0.2, 0.25) is 0 Å². The highest BCUT2D eigenvalue weighted by atomic mass is 35.5. The summed E-state index contributed by atoms with van der Waals surface area (Å²) in [6.07, 6.45) is 2.35. The van der Waals surface area contributed by atoms with Crippen LogP contribution >= 0.6 is 22.9 Å². The lowest BCUT2D eigenvalue weighted by Crippen LogP contribution is -2.22. The SMILES string of the molecule is Cc1cccc([C@H](C)NC2CCc3sc(Cl)cc32)c1. The molecule has 0 saturated heterocycles. The molecule has 1 aromatic carbocycles. The molecule has 100 valence electrons. The highest BCUT2D eigenvalue weighted by molar-refractivity contribution is 7.16. The molecule has 2 aromatic rings. The van der Waals surface area contributed by atoms with Gasteiger partial charge in [-0.25, -0.2) is 0 Å². The van der Waals surface area contributed by atoms with Crippen LogP contribution in [0, 0.1) is 6.92 Å². The van der Waals surface area contributed by atoms with Gasteiger partial charge >= 0.3 is 0 Å². The fraction of sp³-hybridized carbons (Fsp3) is 0.375. The standard InChI is InChI=1S/C16H18ClNS/c1-10-4-3-5-12(8-10)11(2)18-14-6-7-15-13(14)9-16(17)19-15/h3-5,8-9,11,14,18H,6-7H2,1-2H3/t11-,14?/m0/s1. The summed E-state index contributed by atoms with van der Waals surface area (Å²) in [7, 11) is 0. The fourth-order valence-corrected chi connectivity index (χ4v) is 4.20. The van der Waals surface area contributed by atoms with Crippen molar-refractivity contribution in [3.63, 3.8) is 0 Å². The molecule has 3 heteroatoms. The summed E-state index contributed by atoms with van der Waals surface area (Å²) in [6.45, 7) is 4.38. The summed E-state index contributed by atoms with van der Waals surface area (Å²) in [4.78, 5) is 1.46. The van der Waals surface area contributed by atoms with E-state index in [4.69, 9.17) is 11.6 Å². The van der Waals surface area contributed by atoms with E-state index in [1.54, 1.807) is 11.3 Å². The van der Waals surface area contributed by atoms with Crippen molar-refractivity contribution in [3.05, 3.63) is 56.2 Å². The van der Waals surface area contributed by atoms with Gasteiger partial charge in [0.05, 0.1) is 4.34 Å². The predicted octanol–water partition coefficient (Wildman–Crippen LogP) is 5.05. The molecule has 2 atom stereocenters. The Hall–Kier alpha value is -0.830. The minimum atomic E-state index is 0.370. The molecular weight excluding hydrogens is 274 g/mol. The van der Waals surface area contributed by atoms with Crippen molar-refractivity contribution < 1.29 is 0 Å². The molecule has 0 amide bonds. The van der Waals surface area contributed by atoms with E-state index in [1.165, 1.54) is 28.0 Å². The molecule has 1 aliphatic rings. The van der Waals surface area contributed by atoms with Gasteiger partial charge in [-0.05, 0) is 43.9 Å². The number of benzene rings is 1. The van der Waals surface area contributed by atoms with Crippen LogP contribution in [0.3, 0.4) is 0 Å². The number of rotatable bonds is 3. The van der Waals surface area contributed by atoms with Gasteiger partial charge in [-0.1, -0.05) is 41.4 Å². The van der Waals surface area contributed by atoms with E-state index in [2.05, 4.69) is 49.5 Å². The Bertz CT molecular complexity index is 590. The van der Waals surface area contributed by atoms with Crippen molar-refractivity contribution in [2.75, 3.05) is 0 Å². The van der Waals surface area contributed by atoms with Crippen LogP contribution < -0.4 is 5.32 Å². The smallest absolute Gasteiger partial charge is 0.0934 e. The first-order valence-electron chi connectivity index (χ1n) is 6.74. The number of aryl methyl sites for hydroxylation is 2. The number of nitrogens with one attached hydrogen (secondary N) is 1. The zero-order valence-electron chi connectivity index (χ0n) is 11.2. The van der Waals surface area contributed by atoms with Gasteiger partial charge in [0.25, 0.3) is 0 Å². The van der Waals surface area contributed by atoms with Crippen molar-refractivity contribution in [1.29, 1.82) is 0 Å². The molecule has 1 aliphatic carbocycles. The Kier molecular flexibility index (Phi) is 3.66. The van der Waals surface area contributed by atoms with Crippen LogP contribution in [-0.4, -0.2) is 0 Å². The average Bonchev–Trinajstić information content (AvgIpc) is 2.90. The van der Waals surface area contributed by atoms with E-state index in [0.717, 1.165) is 10.8 Å². The fourth-order valence-electron chi connectivity index (χ4n) is 2.84. The first kappa shape index (κ1) is 13.2. The highest BCUT2D eigenvalue weighted by Gasteiger charge is 2.26. The highest BCUT2D eigenvalue weighted by Crippen LogP contribution is 2.40. The Morgan fingerprint density at radius 1 is 1.37 bits per heavy atom. The van der Waals surface area contributed by atoms with Crippen LogP contribution in [0.5, 0.6) is 0 Å². The second-order valence-corrected chi connectivity index (χ2v) is 7.09. The molecule has 0 fully saturated rings. The molecule has 1 aromatic heterocycles. The lowest BCUT2D eigenvalue weighted by Gasteiger charge is -2.20. The number of hydrogen-bond donors (Lipinski definition) is 1. The lowest BCUT2D eigenvalue weighted by molar-refractivity contribution is 0.465. The summed E-state index contributed by atoms with van der Waals surface area (Å²) in [6, 6.07) is 11.7. The van der Waals surface area contributed by atoms with Crippen LogP contribution in [0.15, 0.2) is 30.3 Å². The van der Waals surface area contributed by atoms with Gasteiger partial charge in [-0.2, -0.15) is 0 Å². The maximum absolute atomic E-state index is 6.11. The van der Waals surface area contributed by atoms with E-state index in [1.807, 2.05) is 0 Å². The summed E-state index contributed by atoms with van der Waals surface area (Å²) >= 11 is 7.84. The van der Waals surface area contributed by atoms with Crippen molar-refractivity contribution >= 4 is 22.9 Å². The number of fused-ring (bicyclic) bond motifs is 1. The predicted molar refractivity (Wildman–Crippen MR) is 83.1 cm³/mol. The summed E-state index contributed by atoms with van der Waals surface area (Å²) in [5.74, 6) is 0. The maximum atomic E-state index is 6.11. The maximum Gasteiger partial charge on any atom is 0.0934 e. The number of thiophene rings is 1. The van der Waals surface area contributed by atoms with Crippen LogP contribution in [0.2, 0.25) is 4.34 Å². The van der Waals surface area contributed by atoms with Crippen molar-refractivity contribution in [2.45, 2.75) is 38.8 Å². The molecule has 1 heterocycles. The van der Waals surface area contributed by atoms with Gasteiger partial charge in [0.1, 0.15) is 0 Å². The Labute approximate surface area is 123 Å². The largest absolute Gasteiger partial charge is 0.303 e. The minimum Gasteiger partial charge on any atom is -0.303 e. The van der Waals surface area contributed by atoms with Crippen LogP contribution in [-0.2, 0) is 6.42 Å². The zero-order valence-corrected chi connectivity index (χ0v) is 12.8. The van der Waals surface area contributed by atoms with Gasteiger partial charge in [-0.3, -0.25) is 0 Å². The van der Waals surface area contributed by atoms with Crippen molar-refractivity contribution in [1.82, 2.24) is 5.32 Å². The zero-order chi connectivity index (χ0) is 13.4. The Morgan fingerprint density at radius 3 is 3.00 bits per heavy atom. The third-order valence-electron chi connectivity index (χ3n) is 3.84. The van der Waals surface area contributed by atoms with E-state index >= 15 is 0 Å². The Balaban J connectivity index is 1.75. The topological polar surface area (TPSA) is 12.0 Å². The second kappa shape index (κ2) is 5.28. The van der Waals surface area contributed by atoms with Gasteiger partial charge in [-0.15, -0.1) is 11.3 Å². The molecule has 0 radical (unpaired) electrons. The van der Waals surface area contributed by atoms with Gasteiger partial charge in [0.15, 0.2) is 0 Å². The van der Waals surface area contributed by atoms with Crippen LogP contribution in [0.1, 0.15) is 47.0 Å². The molecule has 1 N–H and O–H groups in total. The third-order valence-corrected chi connectivity index (χ3v) is 5.18. The second-order valence-electron chi connectivity index (χ2n) is 5.32. The quantitative estimate of drug-likeness (QED) is 0.834. The lowest BCUT2D eigenvalue weighted by atomic mass is 10.0. The molecule has 0 bridgehead atoms. The summed E-state index contributed by atoms with van der Waals surface area (Å²) < 4.78 is 0.916. The van der Waals surface area contributed by atoms with Gasteiger partial charge in [0, 0.05) is 17.0 Å². The molecule has 3 rings (SSSR count). The summed E-state index contributed by atoms with van der Waals surface area (Å²) in [5, 5.41) is 3.74. The molecule has 19 heavy (non-hydrogen) atoms. The minimum absolute atomic E-state index is 0.370. The Morgan fingerprint density at radius 2 is 2.21 bits per heavy atom. The van der Waals surface area contributed by atoms with E-state index in [9.17, 15) is 0 Å². The van der Waals surface area contributed by atoms with Crippen molar-refractivity contribution in [3.8, 4) is 0 Å². The molecule has 0 spiro atoms. The van der Waals surface area contributed by atoms with Crippen molar-refractivity contribution in [2.24, 2.45) is 0 Å². The third kappa shape index (κ3) is 2.71. The van der Waals surface area contributed by atoms with E-state index < -0.39 is 0 Å². The normalized spacial score (nSPS) is 19.4. The first-order valence-corrected chi connectivity index (χ1v) is 7.93. The average molecular weight is 292 g/mol. The number of halogens is 1. The van der Waals surface area contributed by atoms with Gasteiger partial charge < -0.3 is 5.32 Å². The monoisotopic (exact) mass is 291 g/mol.